The number of fused-ring (bicyclic) bond motifs is 1. The van der Waals surface area contributed by atoms with Crippen molar-refractivity contribution in [1.29, 1.82) is 0 Å². The van der Waals surface area contributed by atoms with E-state index in [4.69, 9.17) is 9.47 Å². The van der Waals surface area contributed by atoms with Crippen LogP contribution < -0.4 is 5.32 Å². The SMILES string of the molecule is CC[C@@H](C)[C@H](NC(=O)COC(=O)CCC(=O)c1ccc2c(c1)CCC2)C(=O)OC. The van der Waals surface area contributed by atoms with Crippen LogP contribution in [-0.4, -0.2) is 43.4 Å². The van der Waals surface area contributed by atoms with Crippen molar-refractivity contribution in [2.45, 2.75) is 58.4 Å². The van der Waals surface area contributed by atoms with Gasteiger partial charge in [-0.05, 0) is 42.4 Å². The van der Waals surface area contributed by atoms with E-state index >= 15 is 0 Å². The first kappa shape index (κ1) is 22.6. The van der Waals surface area contributed by atoms with E-state index in [9.17, 15) is 19.2 Å². The van der Waals surface area contributed by atoms with Gasteiger partial charge in [0.25, 0.3) is 5.91 Å². The number of hydrogen-bond donors (Lipinski definition) is 1. The van der Waals surface area contributed by atoms with Gasteiger partial charge in [-0.3, -0.25) is 14.4 Å². The topological polar surface area (TPSA) is 98.8 Å². The van der Waals surface area contributed by atoms with E-state index in [1.54, 1.807) is 6.07 Å². The number of nitrogens with one attached hydrogen (secondary N) is 1. The van der Waals surface area contributed by atoms with E-state index in [1.807, 2.05) is 26.0 Å². The summed E-state index contributed by atoms with van der Waals surface area (Å²) >= 11 is 0. The molecule has 7 nitrogen and oxygen atoms in total. The van der Waals surface area contributed by atoms with Gasteiger partial charge in [-0.15, -0.1) is 0 Å². The largest absolute Gasteiger partial charge is 0.467 e. The van der Waals surface area contributed by atoms with E-state index in [0.717, 1.165) is 19.3 Å². The molecule has 0 aliphatic heterocycles. The molecular weight excluding hydrogens is 374 g/mol. The number of carbonyl (C=O) groups excluding carboxylic acids is 4. The van der Waals surface area contributed by atoms with Crippen molar-refractivity contribution >= 4 is 23.6 Å². The van der Waals surface area contributed by atoms with Crippen LogP contribution in [0.25, 0.3) is 0 Å². The van der Waals surface area contributed by atoms with Crippen LogP contribution in [0, 0.1) is 5.92 Å². The number of ether oxygens (including phenoxy) is 2. The summed E-state index contributed by atoms with van der Waals surface area (Å²) in [5.41, 5.74) is 3.09. The van der Waals surface area contributed by atoms with Gasteiger partial charge in [0.15, 0.2) is 12.4 Å². The van der Waals surface area contributed by atoms with E-state index in [-0.39, 0.29) is 24.5 Å². The molecule has 2 atom stereocenters. The zero-order valence-electron chi connectivity index (χ0n) is 17.3. The molecule has 0 aromatic heterocycles. The molecule has 0 unspecified atom stereocenters. The molecule has 0 spiro atoms. The summed E-state index contributed by atoms with van der Waals surface area (Å²) in [4.78, 5) is 48.0. The lowest BCUT2D eigenvalue weighted by Gasteiger charge is -2.21. The standard InChI is InChI=1S/C22H29NO6/c1-4-14(2)21(22(27)28-3)23-19(25)13-29-20(26)11-10-18(24)17-9-8-15-6-5-7-16(15)12-17/h8-9,12,14,21H,4-7,10-11,13H2,1-3H3,(H,23,25)/t14-,21+/m1/s1. The summed E-state index contributed by atoms with van der Waals surface area (Å²) in [6.07, 6.45) is 3.73. The van der Waals surface area contributed by atoms with Gasteiger partial charge in [-0.2, -0.15) is 0 Å². The summed E-state index contributed by atoms with van der Waals surface area (Å²) in [7, 11) is 1.25. The maximum Gasteiger partial charge on any atom is 0.328 e. The molecule has 29 heavy (non-hydrogen) atoms. The number of benzene rings is 1. The lowest BCUT2D eigenvalue weighted by molar-refractivity contribution is -0.151. The Kier molecular flexibility index (Phi) is 8.36. The highest BCUT2D eigenvalue weighted by molar-refractivity contribution is 5.98. The van der Waals surface area contributed by atoms with Gasteiger partial charge < -0.3 is 14.8 Å². The second-order valence-electron chi connectivity index (χ2n) is 7.37. The third-order valence-corrected chi connectivity index (χ3v) is 5.33. The van der Waals surface area contributed by atoms with Gasteiger partial charge in [0, 0.05) is 12.0 Å². The van der Waals surface area contributed by atoms with E-state index in [0.29, 0.717) is 12.0 Å². The van der Waals surface area contributed by atoms with Crippen LogP contribution in [0.4, 0.5) is 0 Å². The molecule has 0 fully saturated rings. The van der Waals surface area contributed by atoms with Gasteiger partial charge in [-0.1, -0.05) is 32.4 Å². The Balaban J connectivity index is 1.76. The van der Waals surface area contributed by atoms with Crippen molar-refractivity contribution < 1.29 is 28.7 Å². The van der Waals surface area contributed by atoms with Gasteiger partial charge in [-0.25, -0.2) is 4.79 Å². The molecule has 158 valence electrons. The van der Waals surface area contributed by atoms with Crippen molar-refractivity contribution in [2.24, 2.45) is 5.92 Å². The Morgan fingerprint density at radius 3 is 2.52 bits per heavy atom. The summed E-state index contributed by atoms with van der Waals surface area (Å²) < 4.78 is 9.63. The van der Waals surface area contributed by atoms with Crippen LogP contribution in [0.2, 0.25) is 0 Å². The molecule has 0 heterocycles. The molecule has 0 radical (unpaired) electrons. The number of amides is 1. The molecule has 0 saturated heterocycles. The van der Waals surface area contributed by atoms with Crippen LogP contribution in [-0.2, 0) is 36.7 Å². The van der Waals surface area contributed by atoms with E-state index in [1.165, 1.54) is 18.2 Å². The highest BCUT2D eigenvalue weighted by Gasteiger charge is 2.27. The molecule has 0 bridgehead atoms. The van der Waals surface area contributed by atoms with Gasteiger partial charge in [0.1, 0.15) is 6.04 Å². The number of aryl methyl sites for hydroxylation is 2. The number of esters is 2. The minimum absolute atomic E-state index is 0.0247. The predicted octanol–water partition coefficient (Wildman–Crippen LogP) is 2.39. The predicted molar refractivity (Wildman–Crippen MR) is 106 cm³/mol. The van der Waals surface area contributed by atoms with Crippen LogP contribution >= 0.6 is 0 Å². The molecule has 2 rings (SSSR count). The molecular formula is C22H29NO6. The first-order valence-corrected chi connectivity index (χ1v) is 10.0. The molecule has 1 aromatic rings. The Bertz CT molecular complexity index is 773. The normalized spacial score (nSPS) is 14.4. The van der Waals surface area contributed by atoms with Crippen LogP contribution in [0.3, 0.4) is 0 Å². The Hall–Kier alpha value is -2.70. The summed E-state index contributed by atoms with van der Waals surface area (Å²) in [5.74, 6) is -2.00. The minimum atomic E-state index is -0.794. The fourth-order valence-electron chi connectivity index (χ4n) is 3.33. The highest BCUT2D eigenvalue weighted by atomic mass is 16.5. The van der Waals surface area contributed by atoms with Gasteiger partial charge in [0.05, 0.1) is 13.5 Å². The Morgan fingerprint density at radius 1 is 1.10 bits per heavy atom. The fourth-order valence-corrected chi connectivity index (χ4v) is 3.33. The summed E-state index contributed by atoms with van der Waals surface area (Å²) in [6.45, 7) is 3.21. The highest BCUT2D eigenvalue weighted by Crippen LogP contribution is 2.23. The van der Waals surface area contributed by atoms with Crippen LogP contribution in [0.1, 0.15) is 61.0 Å². The average molecular weight is 403 g/mol. The number of hydrogen-bond acceptors (Lipinski definition) is 6. The number of Topliss-reactive ketones (excluding diaryl/α,β-unsaturated/α-hetero) is 1. The molecule has 1 aromatic carbocycles. The van der Waals surface area contributed by atoms with Gasteiger partial charge >= 0.3 is 11.9 Å². The molecule has 1 N–H and O–H groups in total. The number of ketones is 1. The third kappa shape index (κ3) is 6.41. The maximum absolute atomic E-state index is 12.3. The second-order valence-corrected chi connectivity index (χ2v) is 7.37. The smallest absolute Gasteiger partial charge is 0.328 e. The molecule has 0 saturated carbocycles. The molecule has 1 amide bonds. The molecule has 7 heteroatoms. The summed E-state index contributed by atoms with van der Waals surface area (Å²) in [5, 5.41) is 2.53. The van der Waals surface area contributed by atoms with E-state index in [2.05, 4.69) is 5.32 Å². The lowest BCUT2D eigenvalue weighted by atomic mass is 9.99. The molecule has 1 aliphatic carbocycles. The number of methoxy groups -OCH3 is 1. The zero-order valence-corrected chi connectivity index (χ0v) is 17.3. The third-order valence-electron chi connectivity index (χ3n) is 5.33. The van der Waals surface area contributed by atoms with Gasteiger partial charge in [0.2, 0.25) is 0 Å². The lowest BCUT2D eigenvalue weighted by Crippen LogP contribution is -2.47. The molecule has 1 aliphatic rings. The first-order valence-electron chi connectivity index (χ1n) is 10.0. The van der Waals surface area contributed by atoms with Crippen molar-refractivity contribution in [3.8, 4) is 0 Å². The van der Waals surface area contributed by atoms with Crippen molar-refractivity contribution in [3.05, 3.63) is 34.9 Å². The second kappa shape index (κ2) is 10.7. The number of carbonyl (C=O) groups is 4. The van der Waals surface area contributed by atoms with Crippen molar-refractivity contribution in [1.82, 2.24) is 5.32 Å². The fraction of sp³-hybridized carbons (Fsp3) is 0.545. The quantitative estimate of drug-likeness (QED) is 0.476. The van der Waals surface area contributed by atoms with Crippen molar-refractivity contribution in [2.75, 3.05) is 13.7 Å². The van der Waals surface area contributed by atoms with Crippen LogP contribution in [0.5, 0.6) is 0 Å². The van der Waals surface area contributed by atoms with E-state index < -0.39 is 30.5 Å². The Labute approximate surface area is 171 Å². The zero-order chi connectivity index (χ0) is 21.4. The first-order chi connectivity index (χ1) is 13.8. The maximum atomic E-state index is 12.3. The monoisotopic (exact) mass is 403 g/mol. The Morgan fingerprint density at radius 2 is 1.83 bits per heavy atom. The van der Waals surface area contributed by atoms with Crippen molar-refractivity contribution in [3.63, 3.8) is 0 Å². The van der Waals surface area contributed by atoms with Crippen LogP contribution in [0.15, 0.2) is 18.2 Å². The number of rotatable bonds is 10. The minimum Gasteiger partial charge on any atom is -0.467 e. The summed E-state index contributed by atoms with van der Waals surface area (Å²) in [6, 6.07) is 4.89. The average Bonchev–Trinajstić information content (AvgIpc) is 3.21.